The van der Waals surface area contributed by atoms with Gasteiger partial charge in [-0.2, -0.15) is 5.26 Å². The molecule has 0 saturated carbocycles. The van der Waals surface area contributed by atoms with Crippen molar-refractivity contribution >= 4 is 11.4 Å². The molecule has 1 heterocycles. The molecule has 0 spiro atoms. The molecule has 1 aliphatic rings. The van der Waals surface area contributed by atoms with Crippen LogP contribution in [0.2, 0.25) is 0 Å². The number of non-ortho nitro benzene ring substituents is 1. The summed E-state index contributed by atoms with van der Waals surface area (Å²) in [6.07, 6.45) is 4.56. The highest BCUT2D eigenvalue weighted by molar-refractivity contribution is 5.61. The first-order valence-electron chi connectivity index (χ1n) is 6.74. The summed E-state index contributed by atoms with van der Waals surface area (Å²) in [6.45, 7) is 1.52. The van der Waals surface area contributed by atoms with E-state index in [1.807, 2.05) is 6.07 Å². The van der Waals surface area contributed by atoms with Crippen molar-refractivity contribution in [1.82, 2.24) is 0 Å². The number of anilines is 1. The molecule has 1 unspecified atom stereocenters. The molecular formula is C14H17N3O3. The molecule has 20 heavy (non-hydrogen) atoms. The van der Waals surface area contributed by atoms with Gasteiger partial charge in [0, 0.05) is 25.3 Å². The molecule has 0 radical (unpaired) electrons. The van der Waals surface area contributed by atoms with Crippen LogP contribution in [-0.2, 0) is 4.74 Å². The van der Waals surface area contributed by atoms with E-state index in [0.717, 1.165) is 25.9 Å². The van der Waals surface area contributed by atoms with Gasteiger partial charge in [-0.05, 0) is 31.7 Å². The van der Waals surface area contributed by atoms with E-state index in [4.69, 9.17) is 10.00 Å². The van der Waals surface area contributed by atoms with Gasteiger partial charge in [-0.25, -0.2) is 0 Å². The molecule has 6 heteroatoms. The molecule has 1 aromatic carbocycles. The molecule has 2 rings (SSSR count). The van der Waals surface area contributed by atoms with E-state index >= 15 is 0 Å². The van der Waals surface area contributed by atoms with Crippen molar-refractivity contribution in [3.8, 4) is 6.07 Å². The summed E-state index contributed by atoms with van der Waals surface area (Å²) in [5.41, 5.74) is 0.861. The summed E-state index contributed by atoms with van der Waals surface area (Å²) >= 11 is 0. The van der Waals surface area contributed by atoms with Crippen molar-refractivity contribution in [3.05, 3.63) is 33.9 Å². The highest BCUT2D eigenvalue weighted by atomic mass is 16.6. The zero-order valence-electron chi connectivity index (χ0n) is 11.2. The van der Waals surface area contributed by atoms with E-state index in [0.29, 0.717) is 17.8 Å². The highest BCUT2D eigenvalue weighted by Crippen LogP contribution is 2.22. The lowest BCUT2D eigenvalue weighted by Gasteiger charge is -2.22. The Bertz CT molecular complexity index is 519. The van der Waals surface area contributed by atoms with Crippen LogP contribution in [0.3, 0.4) is 0 Å². The molecule has 1 fully saturated rings. The second-order valence-electron chi connectivity index (χ2n) is 4.80. The third kappa shape index (κ3) is 3.68. The molecule has 1 aromatic rings. The Hall–Kier alpha value is -2.13. The molecule has 1 aliphatic heterocycles. The van der Waals surface area contributed by atoms with Gasteiger partial charge >= 0.3 is 0 Å². The van der Waals surface area contributed by atoms with Crippen molar-refractivity contribution in [2.24, 2.45) is 0 Å². The Labute approximate surface area is 117 Å². The van der Waals surface area contributed by atoms with Gasteiger partial charge in [0.05, 0.1) is 22.3 Å². The minimum atomic E-state index is -0.500. The number of hydrogen-bond acceptors (Lipinski definition) is 5. The van der Waals surface area contributed by atoms with E-state index in [2.05, 4.69) is 5.32 Å². The summed E-state index contributed by atoms with van der Waals surface area (Å²) in [5, 5.41) is 22.8. The molecule has 1 atom stereocenters. The number of benzene rings is 1. The fraction of sp³-hybridized carbons (Fsp3) is 0.500. The van der Waals surface area contributed by atoms with Gasteiger partial charge in [-0.3, -0.25) is 10.1 Å². The van der Waals surface area contributed by atoms with Gasteiger partial charge in [0.1, 0.15) is 6.07 Å². The zero-order chi connectivity index (χ0) is 14.4. The Morgan fingerprint density at radius 2 is 2.35 bits per heavy atom. The number of hydrogen-bond donors (Lipinski definition) is 1. The van der Waals surface area contributed by atoms with Crippen LogP contribution in [0.1, 0.15) is 31.2 Å². The van der Waals surface area contributed by atoms with Gasteiger partial charge in [0.25, 0.3) is 5.69 Å². The molecule has 0 amide bonds. The summed E-state index contributed by atoms with van der Waals surface area (Å²) in [6, 6.07) is 6.26. The molecule has 0 aromatic heterocycles. The average Bonchev–Trinajstić information content (AvgIpc) is 2.48. The molecule has 6 nitrogen and oxygen atoms in total. The molecule has 0 aliphatic carbocycles. The third-order valence-corrected chi connectivity index (χ3v) is 3.39. The molecule has 1 N–H and O–H groups in total. The van der Waals surface area contributed by atoms with Crippen LogP contribution in [0.15, 0.2) is 18.2 Å². The number of nitro groups is 1. The maximum absolute atomic E-state index is 10.7. The first kappa shape index (κ1) is 14.3. The zero-order valence-corrected chi connectivity index (χ0v) is 11.2. The summed E-state index contributed by atoms with van der Waals surface area (Å²) < 4.78 is 5.63. The van der Waals surface area contributed by atoms with Crippen molar-refractivity contribution in [3.63, 3.8) is 0 Å². The number of rotatable bonds is 5. The van der Waals surface area contributed by atoms with Crippen molar-refractivity contribution in [1.29, 1.82) is 5.26 Å². The van der Waals surface area contributed by atoms with E-state index in [9.17, 15) is 10.1 Å². The van der Waals surface area contributed by atoms with E-state index < -0.39 is 4.92 Å². The number of nitrogens with one attached hydrogen (secondary N) is 1. The van der Waals surface area contributed by atoms with E-state index in [1.54, 1.807) is 6.07 Å². The Kier molecular flexibility index (Phi) is 4.91. The third-order valence-electron chi connectivity index (χ3n) is 3.39. The van der Waals surface area contributed by atoms with Crippen LogP contribution in [-0.4, -0.2) is 24.2 Å². The summed E-state index contributed by atoms with van der Waals surface area (Å²) in [5.74, 6) is 0. The average molecular weight is 275 g/mol. The Balaban J connectivity index is 1.92. The number of nitriles is 1. The first-order valence-corrected chi connectivity index (χ1v) is 6.74. The van der Waals surface area contributed by atoms with Gasteiger partial charge in [0.2, 0.25) is 0 Å². The monoisotopic (exact) mass is 275 g/mol. The van der Waals surface area contributed by atoms with Gasteiger partial charge in [-0.15, -0.1) is 0 Å². The standard InChI is InChI=1S/C14H17N3O3/c15-10-11-9-12(17(18)19)4-5-14(11)16-7-6-13-3-1-2-8-20-13/h4-5,9,13,16H,1-3,6-8H2. The number of nitro benzene ring substituents is 1. The van der Waals surface area contributed by atoms with E-state index in [-0.39, 0.29) is 11.8 Å². The maximum atomic E-state index is 10.7. The van der Waals surface area contributed by atoms with Crippen LogP contribution >= 0.6 is 0 Å². The lowest BCUT2D eigenvalue weighted by molar-refractivity contribution is -0.384. The van der Waals surface area contributed by atoms with Crippen LogP contribution in [0, 0.1) is 21.4 Å². The lowest BCUT2D eigenvalue weighted by atomic mass is 10.1. The Morgan fingerprint density at radius 3 is 3.00 bits per heavy atom. The van der Waals surface area contributed by atoms with Gasteiger partial charge in [0.15, 0.2) is 0 Å². The van der Waals surface area contributed by atoms with Crippen LogP contribution < -0.4 is 5.32 Å². The second kappa shape index (κ2) is 6.87. The number of nitrogens with zero attached hydrogens (tertiary/aromatic N) is 2. The smallest absolute Gasteiger partial charge is 0.270 e. The highest BCUT2D eigenvalue weighted by Gasteiger charge is 2.14. The molecule has 106 valence electrons. The largest absolute Gasteiger partial charge is 0.384 e. The minimum Gasteiger partial charge on any atom is -0.384 e. The quantitative estimate of drug-likeness (QED) is 0.659. The Morgan fingerprint density at radius 1 is 1.50 bits per heavy atom. The fourth-order valence-corrected chi connectivity index (χ4v) is 2.30. The lowest BCUT2D eigenvalue weighted by Crippen LogP contribution is -2.22. The normalized spacial score (nSPS) is 18.2. The van der Waals surface area contributed by atoms with E-state index in [1.165, 1.54) is 18.6 Å². The SMILES string of the molecule is N#Cc1cc([N+](=O)[O-])ccc1NCCC1CCCCO1. The second-order valence-corrected chi connectivity index (χ2v) is 4.80. The predicted octanol–water partition coefficient (Wildman–Crippen LogP) is 2.84. The molecule has 1 saturated heterocycles. The van der Waals surface area contributed by atoms with Crippen molar-refractivity contribution in [2.75, 3.05) is 18.5 Å². The van der Waals surface area contributed by atoms with Crippen LogP contribution in [0.5, 0.6) is 0 Å². The molecular weight excluding hydrogens is 258 g/mol. The van der Waals surface area contributed by atoms with Crippen molar-refractivity contribution in [2.45, 2.75) is 31.8 Å². The maximum Gasteiger partial charge on any atom is 0.270 e. The first-order chi connectivity index (χ1) is 9.70. The van der Waals surface area contributed by atoms with Gasteiger partial charge < -0.3 is 10.1 Å². The fourth-order valence-electron chi connectivity index (χ4n) is 2.30. The summed E-state index contributed by atoms with van der Waals surface area (Å²) in [4.78, 5) is 10.2. The van der Waals surface area contributed by atoms with Crippen LogP contribution in [0.4, 0.5) is 11.4 Å². The van der Waals surface area contributed by atoms with Crippen molar-refractivity contribution < 1.29 is 9.66 Å². The summed E-state index contributed by atoms with van der Waals surface area (Å²) in [7, 11) is 0. The number of ether oxygens (including phenoxy) is 1. The molecule has 0 bridgehead atoms. The minimum absolute atomic E-state index is 0.0669. The van der Waals surface area contributed by atoms with Crippen LogP contribution in [0.25, 0.3) is 0 Å². The topological polar surface area (TPSA) is 88.2 Å². The predicted molar refractivity (Wildman–Crippen MR) is 74.5 cm³/mol. The van der Waals surface area contributed by atoms with Gasteiger partial charge in [-0.1, -0.05) is 0 Å².